The number of halogens is 2. The van der Waals surface area contributed by atoms with Crippen LogP contribution in [0.4, 0.5) is 0 Å². The predicted molar refractivity (Wildman–Crippen MR) is 125 cm³/mol. The van der Waals surface area contributed by atoms with Gasteiger partial charge in [-0.25, -0.2) is 0 Å². The lowest BCUT2D eigenvalue weighted by Crippen LogP contribution is -2.35. The molecule has 1 N–H and O–H groups in total. The Hall–Kier alpha value is -2.74. The summed E-state index contributed by atoms with van der Waals surface area (Å²) in [5, 5.41) is 11.6. The molecular formula is C22H17Cl2N3O3S. The van der Waals surface area contributed by atoms with E-state index in [2.05, 4.69) is 4.99 Å². The molecule has 9 heteroatoms. The molecule has 0 saturated heterocycles. The molecule has 2 aliphatic heterocycles. The number of aliphatic imine (C=N–C) groups is 1. The van der Waals surface area contributed by atoms with Crippen LogP contribution in [0.3, 0.4) is 0 Å². The van der Waals surface area contributed by atoms with Crippen molar-refractivity contribution in [2.24, 2.45) is 4.99 Å². The number of hydrogen-bond donors (Lipinski definition) is 1. The quantitative estimate of drug-likeness (QED) is 0.440. The van der Waals surface area contributed by atoms with E-state index in [0.717, 1.165) is 11.3 Å². The number of fused-ring (bicyclic) bond motifs is 1. The second kappa shape index (κ2) is 9.18. The summed E-state index contributed by atoms with van der Waals surface area (Å²) in [7, 11) is 0. The fourth-order valence-electron chi connectivity index (χ4n) is 2.94. The van der Waals surface area contributed by atoms with Crippen LogP contribution in [0.1, 0.15) is 11.1 Å². The molecule has 158 valence electrons. The highest BCUT2D eigenvalue weighted by Gasteiger charge is 2.31. The average molecular weight is 474 g/mol. The molecule has 2 aliphatic rings. The van der Waals surface area contributed by atoms with Crippen LogP contribution in [-0.2, 0) is 4.79 Å². The van der Waals surface area contributed by atoms with Crippen molar-refractivity contribution < 1.29 is 14.3 Å². The van der Waals surface area contributed by atoms with Gasteiger partial charge in [0.05, 0.1) is 10.6 Å². The molecule has 0 aromatic heterocycles. The number of amidine groups is 2. The number of carbonyl (C=O) groups excluding carboxylic acids is 1. The number of rotatable bonds is 6. The maximum absolute atomic E-state index is 12.3. The highest BCUT2D eigenvalue weighted by molar-refractivity contribution is 8.16. The van der Waals surface area contributed by atoms with Crippen LogP contribution >= 0.6 is 35.0 Å². The molecule has 0 aliphatic carbocycles. The zero-order valence-corrected chi connectivity index (χ0v) is 18.7. The number of carbonyl (C=O) groups is 1. The van der Waals surface area contributed by atoms with Gasteiger partial charge in [0.25, 0.3) is 5.91 Å². The molecule has 2 aromatic carbocycles. The molecule has 31 heavy (non-hydrogen) atoms. The van der Waals surface area contributed by atoms with Crippen LogP contribution in [-0.4, -0.2) is 35.0 Å². The standard InChI is InChI=1S/C22H17Cl2N3O3S/c1-13-10-15(3-4-17(13)23)29-7-8-30-19-5-2-14(12-18(19)24)11-16-20(25)27-6-9-31-22(27)26-21(16)28/h2-6,9-12,25H,7-8H2,1H3. The van der Waals surface area contributed by atoms with Crippen LogP contribution in [0.2, 0.25) is 10.0 Å². The molecule has 0 atom stereocenters. The van der Waals surface area contributed by atoms with Gasteiger partial charge in [-0.1, -0.05) is 41.0 Å². The summed E-state index contributed by atoms with van der Waals surface area (Å²) in [6.07, 6.45) is 3.31. The molecule has 0 fully saturated rings. The summed E-state index contributed by atoms with van der Waals surface area (Å²) >= 11 is 13.7. The Labute approximate surface area is 193 Å². The Kier molecular flexibility index (Phi) is 6.36. The highest BCUT2D eigenvalue weighted by atomic mass is 35.5. The largest absolute Gasteiger partial charge is 0.490 e. The number of ether oxygens (including phenoxy) is 2. The molecule has 0 radical (unpaired) electrons. The Balaban J connectivity index is 1.38. The molecule has 6 nitrogen and oxygen atoms in total. The summed E-state index contributed by atoms with van der Waals surface area (Å²) in [5.41, 5.74) is 1.82. The van der Waals surface area contributed by atoms with Crippen LogP contribution in [0.5, 0.6) is 11.5 Å². The van der Waals surface area contributed by atoms with Gasteiger partial charge in [-0.3, -0.25) is 15.1 Å². The molecular weight excluding hydrogens is 457 g/mol. The van der Waals surface area contributed by atoms with Gasteiger partial charge >= 0.3 is 0 Å². The van der Waals surface area contributed by atoms with E-state index in [4.69, 9.17) is 38.1 Å². The first-order valence-corrected chi connectivity index (χ1v) is 10.9. The van der Waals surface area contributed by atoms with Crippen molar-refractivity contribution >= 4 is 58.0 Å². The second-order valence-corrected chi connectivity index (χ2v) is 8.36. The van der Waals surface area contributed by atoms with Gasteiger partial charge in [0, 0.05) is 11.2 Å². The van der Waals surface area contributed by atoms with Crippen molar-refractivity contribution in [3.8, 4) is 11.5 Å². The number of thioether (sulfide) groups is 1. The lowest BCUT2D eigenvalue weighted by Gasteiger charge is -2.22. The number of nitrogens with zero attached hydrogens (tertiary/aromatic N) is 2. The van der Waals surface area contributed by atoms with Crippen LogP contribution < -0.4 is 9.47 Å². The number of amides is 1. The van der Waals surface area contributed by atoms with E-state index < -0.39 is 5.91 Å². The molecule has 1 amide bonds. The zero-order valence-electron chi connectivity index (χ0n) is 16.4. The van der Waals surface area contributed by atoms with Crippen LogP contribution in [0, 0.1) is 12.3 Å². The van der Waals surface area contributed by atoms with Crippen molar-refractivity contribution in [2.45, 2.75) is 6.92 Å². The molecule has 0 saturated carbocycles. The van der Waals surface area contributed by atoms with Gasteiger partial charge in [0.1, 0.15) is 30.5 Å². The van der Waals surface area contributed by atoms with E-state index >= 15 is 0 Å². The molecule has 0 spiro atoms. The minimum atomic E-state index is -0.446. The summed E-state index contributed by atoms with van der Waals surface area (Å²) in [6, 6.07) is 10.6. The predicted octanol–water partition coefficient (Wildman–Crippen LogP) is 5.54. The first kappa shape index (κ1) is 21.5. The van der Waals surface area contributed by atoms with Crippen LogP contribution in [0.25, 0.3) is 6.08 Å². The minimum Gasteiger partial charge on any atom is -0.490 e. The fourth-order valence-corrected chi connectivity index (χ4v) is 4.01. The lowest BCUT2D eigenvalue weighted by atomic mass is 10.1. The third-order valence-electron chi connectivity index (χ3n) is 4.52. The molecule has 0 unspecified atom stereocenters. The normalized spacial score (nSPS) is 16.5. The van der Waals surface area contributed by atoms with Crippen LogP contribution in [0.15, 0.2) is 58.6 Å². The smallest absolute Gasteiger partial charge is 0.283 e. The van der Waals surface area contributed by atoms with Crippen molar-refractivity contribution in [3.05, 3.63) is 74.8 Å². The number of nitrogens with one attached hydrogen (secondary N) is 1. The Morgan fingerprint density at radius 1 is 1.13 bits per heavy atom. The van der Waals surface area contributed by atoms with E-state index in [1.54, 1.807) is 52.9 Å². The van der Waals surface area contributed by atoms with Gasteiger partial charge in [-0.2, -0.15) is 4.99 Å². The van der Waals surface area contributed by atoms with Crippen molar-refractivity contribution in [1.29, 1.82) is 5.41 Å². The Morgan fingerprint density at radius 2 is 1.94 bits per heavy atom. The van der Waals surface area contributed by atoms with Gasteiger partial charge in [-0.15, -0.1) is 0 Å². The first-order chi connectivity index (χ1) is 14.9. The number of benzene rings is 2. The summed E-state index contributed by atoms with van der Waals surface area (Å²) < 4.78 is 11.4. The molecule has 2 aromatic rings. The third-order valence-corrected chi connectivity index (χ3v) is 6.00. The van der Waals surface area contributed by atoms with Gasteiger partial charge < -0.3 is 9.47 Å². The maximum Gasteiger partial charge on any atom is 0.283 e. The summed E-state index contributed by atoms with van der Waals surface area (Å²) in [5.74, 6) is 0.861. The van der Waals surface area contributed by atoms with Gasteiger partial charge in [0.15, 0.2) is 5.17 Å². The topological polar surface area (TPSA) is 75.0 Å². The fraction of sp³-hybridized carbons (Fsp3) is 0.136. The average Bonchev–Trinajstić information content (AvgIpc) is 3.21. The Morgan fingerprint density at radius 3 is 2.71 bits per heavy atom. The summed E-state index contributed by atoms with van der Waals surface area (Å²) in [4.78, 5) is 17.9. The van der Waals surface area contributed by atoms with E-state index in [9.17, 15) is 4.79 Å². The zero-order chi connectivity index (χ0) is 22.0. The number of hydrogen-bond acceptors (Lipinski definition) is 5. The lowest BCUT2D eigenvalue weighted by molar-refractivity contribution is -0.114. The molecule has 4 rings (SSSR count). The minimum absolute atomic E-state index is 0.0854. The van der Waals surface area contributed by atoms with Crippen molar-refractivity contribution in [3.63, 3.8) is 0 Å². The highest BCUT2D eigenvalue weighted by Crippen LogP contribution is 2.30. The summed E-state index contributed by atoms with van der Waals surface area (Å²) in [6.45, 7) is 2.56. The van der Waals surface area contributed by atoms with Gasteiger partial charge in [-0.05, 0) is 59.9 Å². The molecule has 2 heterocycles. The monoisotopic (exact) mass is 473 g/mol. The van der Waals surface area contributed by atoms with E-state index in [1.807, 2.05) is 13.0 Å². The first-order valence-electron chi connectivity index (χ1n) is 9.30. The van der Waals surface area contributed by atoms with Crippen molar-refractivity contribution in [2.75, 3.05) is 13.2 Å². The number of aryl methyl sites for hydroxylation is 1. The third kappa shape index (κ3) is 4.79. The maximum atomic E-state index is 12.3. The SMILES string of the molecule is Cc1cc(OCCOc2ccc(C=C3C(=N)N4C=CSC4=NC3=O)cc2Cl)ccc1Cl. The van der Waals surface area contributed by atoms with E-state index in [1.165, 1.54) is 11.8 Å². The van der Waals surface area contributed by atoms with Crippen molar-refractivity contribution in [1.82, 2.24) is 4.90 Å². The van der Waals surface area contributed by atoms with E-state index in [0.29, 0.717) is 39.7 Å². The molecule has 0 bridgehead atoms. The second-order valence-electron chi connectivity index (χ2n) is 6.68. The van der Waals surface area contributed by atoms with E-state index in [-0.39, 0.29) is 11.4 Å². The van der Waals surface area contributed by atoms with Gasteiger partial charge in [0.2, 0.25) is 0 Å². The Bertz CT molecular complexity index is 1160.